The van der Waals surface area contributed by atoms with Crippen LogP contribution in [0.5, 0.6) is 5.75 Å². The van der Waals surface area contributed by atoms with Crippen molar-refractivity contribution in [2.45, 2.75) is 13.0 Å². The second kappa shape index (κ2) is 5.36. The molecule has 1 atom stereocenters. The third-order valence-electron chi connectivity index (χ3n) is 2.78. The Morgan fingerprint density at radius 3 is 2.28 bits per heavy atom. The highest BCUT2D eigenvalue weighted by atomic mass is 16.3. The number of hydrogen-bond acceptors (Lipinski definition) is 2. The Balaban J connectivity index is 2.06. The number of rotatable bonds is 3. The lowest BCUT2D eigenvalue weighted by Gasteiger charge is -2.14. The molecule has 0 aliphatic rings. The molecule has 0 radical (unpaired) electrons. The molecule has 0 saturated carbocycles. The number of nitrogens with one attached hydrogen (secondary N) is 1. The van der Waals surface area contributed by atoms with E-state index in [2.05, 4.69) is 5.32 Å². The van der Waals surface area contributed by atoms with E-state index >= 15 is 0 Å². The predicted octanol–water partition coefficient (Wildman–Crippen LogP) is 2.88. The molecule has 3 heteroatoms. The molecule has 0 aliphatic carbocycles. The lowest BCUT2D eigenvalue weighted by molar-refractivity contribution is 0.0940. The Morgan fingerprint density at radius 2 is 1.67 bits per heavy atom. The number of amides is 1. The van der Waals surface area contributed by atoms with Crippen molar-refractivity contribution in [3.8, 4) is 5.75 Å². The predicted molar refractivity (Wildman–Crippen MR) is 70.4 cm³/mol. The van der Waals surface area contributed by atoms with Gasteiger partial charge in [0.25, 0.3) is 5.91 Å². The van der Waals surface area contributed by atoms with Crippen molar-refractivity contribution >= 4 is 5.91 Å². The maximum Gasteiger partial charge on any atom is 0.251 e. The Hall–Kier alpha value is -2.29. The zero-order valence-electron chi connectivity index (χ0n) is 10.1. The fourth-order valence-corrected chi connectivity index (χ4v) is 1.72. The molecule has 2 aromatic carbocycles. The molecule has 0 spiro atoms. The second-order valence-electron chi connectivity index (χ2n) is 4.15. The molecular formula is C15H15NO2. The van der Waals surface area contributed by atoms with Gasteiger partial charge in [0.15, 0.2) is 0 Å². The first-order valence-corrected chi connectivity index (χ1v) is 5.81. The molecule has 1 unspecified atom stereocenters. The average molecular weight is 241 g/mol. The van der Waals surface area contributed by atoms with E-state index in [0.29, 0.717) is 5.56 Å². The van der Waals surface area contributed by atoms with Crippen LogP contribution in [0.15, 0.2) is 54.6 Å². The molecule has 0 bridgehead atoms. The summed E-state index contributed by atoms with van der Waals surface area (Å²) < 4.78 is 0. The minimum Gasteiger partial charge on any atom is -0.508 e. The molecule has 2 N–H and O–H groups in total. The molecule has 3 nitrogen and oxygen atoms in total. The summed E-state index contributed by atoms with van der Waals surface area (Å²) in [5.74, 6) is 0.122. The van der Waals surface area contributed by atoms with Gasteiger partial charge in [-0.1, -0.05) is 30.3 Å². The van der Waals surface area contributed by atoms with Gasteiger partial charge < -0.3 is 10.4 Å². The van der Waals surface area contributed by atoms with Crippen molar-refractivity contribution in [1.29, 1.82) is 0 Å². The molecular weight excluding hydrogens is 226 g/mol. The van der Waals surface area contributed by atoms with Gasteiger partial charge in [-0.3, -0.25) is 4.79 Å². The zero-order chi connectivity index (χ0) is 13.0. The standard InChI is InChI=1S/C15H15NO2/c1-11(12-7-9-14(17)10-8-12)16-15(18)13-5-3-2-4-6-13/h2-11,17H,1H3,(H,16,18). The van der Waals surface area contributed by atoms with Gasteiger partial charge in [0.2, 0.25) is 0 Å². The zero-order valence-corrected chi connectivity index (χ0v) is 10.1. The van der Waals surface area contributed by atoms with Crippen LogP contribution < -0.4 is 5.32 Å². The Bertz CT molecular complexity index is 520. The van der Waals surface area contributed by atoms with Gasteiger partial charge in [-0.25, -0.2) is 0 Å². The Labute approximate surface area is 106 Å². The van der Waals surface area contributed by atoms with Crippen molar-refractivity contribution in [1.82, 2.24) is 5.32 Å². The molecule has 92 valence electrons. The fourth-order valence-electron chi connectivity index (χ4n) is 1.72. The average Bonchev–Trinajstić information content (AvgIpc) is 2.40. The summed E-state index contributed by atoms with van der Waals surface area (Å²) in [5.41, 5.74) is 1.60. The van der Waals surface area contributed by atoms with Crippen LogP contribution in [0.2, 0.25) is 0 Å². The van der Waals surface area contributed by atoms with Crippen LogP contribution in [0.3, 0.4) is 0 Å². The number of benzene rings is 2. The van der Waals surface area contributed by atoms with E-state index in [1.165, 1.54) is 0 Å². The fraction of sp³-hybridized carbons (Fsp3) is 0.133. The minimum atomic E-state index is -0.101. The number of phenols is 1. The smallest absolute Gasteiger partial charge is 0.251 e. The van der Waals surface area contributed by atoms with E-state index < -0.39 is 0 Å². The van der Waals surface area contributed by atoms with Gasteiger partial charge in [-0.2, -0.15) is 0 Å². The number of carbonyl (C=O) groups excluding carboxylic acids is 1. The third kappa shape index (κ3) is 2.88. The first-order chi connectivity index (χ1) is 8.66. The molecule has 0 fully saturated rings. The highest BCUT2D eigenvalue weighted by Crippen LogP contribution is 2.16. The maximum absolute atomic E-state index is 11.9. The van der Waals surface area contributed by atoms with Crippen molar-refractivity contribution in [2.75, 3.05) is 0 Å². The van der Waals surface area contributed by atoms with Crippen LogP contribution >= 0.6 is 0 Å². The quantitative estimate of drug-likeness (QED) is 0.868. The number of carbonyl (C=O) groups is 1. The molecule has 18 heavy (non-hydrogen) atoms. The normalized spacial score (nSPS) is 11.8. The molecule has 0 saturated heterocycles. The van der Waals surface area contributed by atoms with Gasteiger partial charge in [-0.15, -0.1) is 0 Å². The summed E-state index contributed by atoms with van der Waals surface area (Å²) in [4.78, 5) is 11.9. The van der Waals surface area contributed by atoms with Crippen molar-refractivity contribution in [2.24, 2.45) is 0 Å². The van der Waals surface area contributed by atoms with E-state index in [9.17, 15) is 9.90 Å². The highest BCUT2D eigenvalue weighted by Gasteiger charge is 2.10. The van der Waals surface area contributed by atoms with Gasteiger partial charge in [0.05, 0.1) is 6.04 Å². The SMILES string of the molecule is CC(NC(=O)c1ccccc1)c1ccc(O)cc1. The lowest BCUT2D eigenvalue weighted by Crippen LogP contribution is -2.26. The Morgan fingerprint density at radius 1 is 1.06 bits per heavy atom. The maximum atomic E-state index is 11.9. The highest BCUT2D eigenvalue weighted by molar-refractivity contribution is 5.94. The summed E-state index contributed by atoms with van der Waals surface area (Å²) >= 11 is 0. The van der Waals surface area contributed by atoms with Crippen LogP contribution in [-0.4, -0.2) is 11.0 Å². The van der Waals surface area contributed by atoms with E-state index in [4.69, 9.17) is 0 Å². The third-order valence-corrected chi connectivity index (χ3v) is 2.78. The van der Waals surface area contributed by atoms with Crippen LogP contribution in [0.25, 0.3) is 0 Å². The summed E-state index contributed by atoms with van der Waals surface area (Å²) in [5, 5.41) is 12.1. The van der Waals surface area contributed by atoms with Gasteiger partial charge >= 0.3 is 0 Å². The molecule has 0 aliphatic heterocycles. The summed E-state index contributed by atoms with van der Waals surface area (Å²) in [7, 11) is 0. The molecule has 0 aromatic heterocycles. The van der Waals surface area contributed by atoms with Crippen molar-refractivity contribution < 1.29 is 9.90 Å². The summed E-state index contributed by atoms with van der Waals surface area (Å²) in [6, 6.07) is 15.8. The van der Waals surface area contributed by atoms with Crippen LogP contribution in [0, 0.1) is 0 Å². The molecule has 1 amide bonds. The van der Waals surface area contributed by atoms with Gasteiger partial charge in [-0.05, 0) is 36.8 Å². The largest absolute Gasteiger partial charge is 0.508 e. The first kappa shape index (κ1) is 12.2. The number of phenolic OH excluding ortho intramolecular Hbond substituents is 1. The van der Waals surface area contributed by atoms with Crippen LogP contribution in [-0.2, 0) is 0 Å². The second-order valence-corrected chi connectivity index (χ2v) is 4.15. The topological polar surface area (TPSA) is 49.3 Å². The Kier molecular flexibility index (Phi) is 3.63. The van der Waals surface area contributed by atoms with Crippen molar-refractivity contribution in [3.05, 3.63) is 65.7 Å². The summed E-state index contributed by atoms with van der Waals surface area (Å²) in [6.45, 7) is 1.91. The monoisotopic (exact) mass is 241 g/mol. The lowest BCUT2D eigenvalue weighted by atomic mass is 10.1. The summed E-state index contributed by atoms with van der Waals surface area (Å²) in [6.07, 6.45) is 0. The molecule has 2 aromatic rings. The number of aromatic hydroxyl groups is 1. The van der Waals surface area contributed by atoms with E-state index in [-0.39, 0.29) is 17.7 Å². The molecule has 2 rings (SSSR count). The van der Waals surface area contributed by atoms with Crippen LogP contribution in [0.1, 0.15) is 28.9 Å². The first-order valence-electron chi connectivity index (χ1n) is 5.81. The van der Waals surface area contributed by atoms with Gasteiger partial charge in [0, 0.05) is 5.56 Å². The van der Waals surface area contributed by atoms with Crippen molar-refractivity contribution in [3.63, 3.8) is 0 Å². The minimum absolute atomic E-state index is 0.0988. The van der Waals surface area contributed by atoms with Crippen LogP contribution in [0.4, 0.5) is 0 Å². The van der Waals surface area contributed by atoms with E-state index in [1.807, 2.05) is 25.1 Å². The molecule has 0 heterocycles. The van der Waals surface area contributed by atoms with E-state index in [1.54, 1.807) is 36.4 Å². The number of hydrogen-bond donors (Lipinski definition) is 2. The van der Waals surface area contributed by atoms with Gasteiger partial charge in [0.1, 0.15) is 5.75 Å². The van der Waals surface area contributed by atoms with E-state index in [0.717, 1.165) is 5.56 Å².